The Labute approximate surface area is 120 Å². The van der Waals surface area contributed by atoms with E-state index in [4.69, 9.17) is 4.74 Å². The lowest BCUT2D eigenvalue weighted by Gasteiger charge is -2.24. The highest BCUT2D eigenvalue weighted by molar-refractivity contribution is 5.60. The monoisotopic (exact) mass is 265 g/mol. The van der Waals surface area contributed by atoms with Crippen LogP contribution in [0.4, 0.5) is 5.69 Å². The second kappa shape index (κ2) is 7.19. The van der Waals surface area contributed by atoms with Gasteiger partial charge in [0.15, 0.2) is 5.75 Å². The summed E-state index contributed by atoms with van der Waals surface area (Å²) in [7, 11) is 0. The van der Waals surface area contributed by atoms with E-state index >= 15 is 0 Å². The summed E-state index contributed by atoms with van der Waals surface area (Å²) in [5.41, 5.74) is 1.04. The van der Waals surface area contributed by atoms with Crippen LogP contribution in [-0.2, 0) is 0 Å². The Hall–Kier alpha value is -2.48. The van der Waals surface area contributed by atoms with Crippen LogP contribution in [0.3, 0.4) is 0 Å². The zero-order chi connectivity index (χ0) is 14.2. The maximum absolute atomic E-state index is 5.97. The van der Waals surface area contributed by atoms with Gasteiger partial charge in [0.1, 0.15) is 5.75 Å². The number of hydrogen-bond acceptors (Lipinski definition) is 2. The van der Waals surface area contributed by atoms with Crippen LogP contribution in [0.1, 0.15) is 0 Å². The fraction of sp³-hybridized carbons (Fsp3) is 0.111. The number of anilines is 1. The molecule has 0 radical (unpaired) electrons. The number of nitrogens with zero attached hydrogens (tertiary/aromatic N) is 1. The molecule has 0 saturated carbocycles. The van der Waals surface area contributed by atoms with Crippen molar-refractivity contribution >= 4 is 5.69 Å². The largest absolute Gasteiger partial charge is 0.455 e. The van der Waals surface area contributed by atoms with Crippen LogP contribution < -0.4 is 9.64 Å². The summed E-state index contributed by atoms with van der Waals surface area (Å²) in [5, 5.41) is 0. The van der Waals surface area contributed by atoms with E-state index in [1.54, 1.807) is 0 Å². The van der Waals surface area contributed by atoms with Crippen LogP contribution in [0.15, 0.2) is 79.9 Å². The molecule has 0 aliphatic carbocycles. The molecule has 0 saturated heterocycles. The Kier molecular flexibility index (Phi) is 5.01. The molecule has 20 heavy (non-hydrogen) atoms. The van der Waals surface area contributed by atoms with E-state index in [1.165, 1.54) is 0 Å². The van der Waals surface area contributed by atoms with Gasteiger partial charge < -0.3 is 9.64 Å². The SMILES string of the molecule is C=CCN(CC=C)c1ccccc1Oc1ccccc1. The standard InChI is InChI=1S/C18H19NO/c1-3-14-19(15-4-2)17-12-8-9-13-18(17)20-16-10-6-5-7-11-16/h3-13H,1-2,14-15H2. The van der Waals surface area contributed by atoms with Crippen LogP contribution in [0.25, 0.3) is 0 Å². The van der Waals surface area contributed by atoms with E-state index in [9.17, 15) is 0 Å². The van der Waals surface area contributed by atoms with Crippen LogP contribution >= 0.6 is 0 Å². The normalized spacial score (nSPS) is 9.80. The Morgan fingerprint density at radius 3 is 2.10 bits per heavy atom. The Balaban J connectivity index is 2.29. The topological polar surface area (TPSA) is 12.5 Å². The molecule has 102 valence electrons. The first-order valence-electron chi connectivity index (χ1n) is 6.64. The smallest absolute Gasteiger partial charge is 0.150 e. The van der Waals surface area contributed by atoms with Gasteiger partial charge in [-0.05, 0) is 24.3 Å². The molecular weight excluding hydrogens is 246 g/mol. The molecule has 0 aromatic heterocycles. The van der Waals surface area contributed by atoms with Gasteiger partial charge in [-0.25, -0.2) is 0 Å². The molecule has 0 N–H and O–H groups in total. The van der Waals surface area contributed by atoms with Crippen molar-refractivity contribution in [3.63, 3.8) is 0 Å². The maximum Gasteiger partial charge on any atom is 0.150 e. The summed E-state index contributed by atoms with van der Waals surface area (Å²) < 4.78 is 5.97. The molecular formula is C18H19NO. The minimum atomic E-state index is 0.751. The van der Waals surface area contributed by atoms with Gasteiger partial charge in [0.2, 0.25) is 0 Å². The average molecular weight is 265 g/mol. The highest BCUT2D eigenvalue weighted by Crippen LogP contribution is 2.31. The molecule has 0 heterocycles. The summed E-state index contributed by atoms with van der Waals surface area (Å²) in [6.07, 6.45) is 3.76. The number of rotatable bonds is 7. The number of para-hydroxylation sites is 3. The van der Waals surface area contributed by atoms with E-state index in [0.29, 0.717) is 0 Å². The zero-order valence-corrected chi connectivity index (χ0v) is 11.5. The molecule has 0 bridgehead atoms. The van der Waals surface area contributed by atoms with Crippen molar-refractivity contribution in [1.82, 2.24) is 0 Å². The van der Waals surface area contributed by atoms with Crippen LogP contribution in [-0.4, -0.2) is 13.1 Å². The Morgan fingerprint density at radius 2 is 1.45 bits per heavy atom. The van der Waals surface area contributed by atoms with Crippen molar-refractivity contribution in [2.75, 3.05) is 18.0 Å². The van der Waals surface area contributed by atoms with E-state index in [1.807, 2.05) is 66.7 Å². The van der Waals surface area contributed by atoms with E-state index in [2.05, 4.69) is 18.1 Å². The van der Waals surface area contributed by atoms with Gasteiger partial charge in [0.25, 0.3) is 0 Å². The van der Waals surface area contributed by atoms with Gasteiger partial charge in [0, 0.05) is 13.1 Å². The van der Waals surface area contributed by atoms with Gasteiger partial charge in [-0.3, -0.25) is 0 Å². The third-order valence-electron chi connectivity index (χ3n) is 2.88. The molecule has 0 atom stereocenters. The molecule has 2 rings (SSSR count). The first-order chi connectivity index (χ1) is 9.85. The molecule has 2 aromatic carbocycles. The van der Waals surface area contributed by atoms with Crippen molar-refractivity contribution in [3.05, 3.63) is 79.9 Å². The molecule has 0 aliphatic rings. The molecule has 2 nitrogen and oxygen atoms in total. The Bertz CT molecular complexity index is 553. The lowest BCUT2D eigenvalue weighted by Crippen LogP contribution is -2.23. The van der Waals surface area contributed by atoms with Gasteiger partial charge in [-0.1, -0.05) is 42.5 Å². The molecule has 0 amide bonds. The lowest BCUT2D eigenvalue weighted by atomic mass is 10.2. The average Bonchev–Trinajstić information content (AvgIpc) is 2.49. The van der Waals surface area contributed by atoms with Crippen molar-refractivity contribution < 1.29 is 4.74 Å². The van der Waals surface area contributed by atoms with E-state index < -0.39 is 0 Å². The second-order valence-corrected chi connectivity index (χ2v) is 4.37. The van der Waals surface area contributed by atoms with Crippen molar-refractivity contribution in [1.29, 1.82) is 0 Å². The summed E-state index contributed by atoms with van der Waals surface area (Å²) in [4.78, 5) is 2.16. The minimum Gasteiger partial charge on any atom is -0.455 e. The summed E-state index contributed by atoms with van der Waals surface area (Å²) in [5.74, 6) is 1.67. The molecule has 0 spiro atoms. The number of hydrogen-bond donors (Lipinski definition) is 0. The molecule has 2 heteroatoms. The molecule has 0 aliphatic heterocycles. The quantitative estimate of drug-likeness (QED) is 0.675. The molecule has 2 aromatic rings. The fourth-order valence-electron chi connectivity index (χ4n) is 2.00. The summed E-state index contributed by atoms with van der Waals surface area (Å²) in [6.45, 7) is 9.11. The summed E-state index contributed by atoms with van der Waals surface area (Å²) >= 11 is 0. The fourth-order valence-corrected chi connectivity index (χ4v) is 2.00. The van der Waals surface area contributed by atoms with E-state index in [0.717, 1.165) is 30.3 Å². The van der Waals surface area contributed by atoms with Gasteiger partial charge in [-0.2, -0.15) is 0 Å². The van der Waals surface area contributed by atoms with Gasteiger partial charge in [0.05, 0.1) is 5.69 Å². The predicted octanol–water partition coefficient (Wildman–Crippen LogP) is 4.66. The van der Waals surface area contributed by atoms with Gasteiger partial charge in [-0.15, -0.1) is 13.2 Å². The maximum atomic E-state index is 5.97. The van der Waals surface area contributed by atoms with Crippen molar-refractivity contribution in [3.8, 4) is 11.5 Å². The van der Waals surface area contributed by atoms with E-state index in [-0.39, 0.29) is 0 Å². The van der Waals surface area contributed by atoms with Crippen molar-refractivity contribution in [2.24, 2.45) is 0 Å². The number of ether oxygens (including phenoxy) is 1. The summed E-state index contributed by atoms with van der Waals surface area (Å²) in [6, 6.07) is 17.8. The lowest BCUT2D eigenvalue weighted by molar-refractivity contribution is 0.482. The van der Waals surface area contributed by atoms with Crippen LogP contribution in [0, 0.1) is 0 Å². The molecule has 0 fully saturated rings. The zero-order valence-electron chi connectivity index (χ0n) is 11.5. The molecule has 0 unspecified atom stereocenters. The highest BCUT2D eigenvalue weighted by Gasteiger charge is 2.10. The van der Waals surface area contributed by atoms with Crippen LogP contribution in [0.2, 0.25) is 0 Å². The minimum absolute atomic E-state index is 0.751. The predicted molar refractivity (Wildman–Crippen MR) is 85.6 cm³/mol. The highest BCUT2D eigenvalue weighted by atomic mass is 16.5. The van der Waals surface area contributed by atoms with Crippen LogP contribution in [0.5, 0.6) is 11.5 Å². The van der Waals surface area contributed by atoms with Gasteiger partial charge >= 0.3 is 0 Å². The Morgan fingerprint density at radius 1 is 0.850 bits per heavy atom. The first-order valence-corrected chi connectivity index (χ1v) is 6.64. The van der Waals surface area contributed by atoms with Crippen molar-refractivity contribution in [2.45, 2.75) is 0 Å². The third kappa shape index (κ3) is 3.51. The number of benzene rings is 2. The first kappa shape index (κ1) is 13.9. The third-order valence-corrected chi connectivity index (χ3v) is 2.88. The second-order valence-electron chi connectivity index (χ2n) is 4.37.